The van der Waals surface area contributed by atoms with Crippen LogP contribution in [0.4, 0.5) is 0 Å². The molecular formula is C15H28ClN3O2. The van der Waals surface area contributed by atoms with Crippen LogP contribution >= 0.6 is 12.4 Å². The van der Waals surface area contributed by atoms with Crippen LogP contribution in [0, 0.1) is 11.8 Å². The predicted molar refractivity (Wildman–Crippen MR) is 85.4 cm³/mol. The fourth-order valence-corrected chi connectivity index (χ4v) is 3.35. The summed E-state index contributed by atoms with van der Waals surface area (Å²) in [5.74, 6) is 0.0820. The van der Waals surface area contributed by atoms with Crippen molar-refractivity contribution in [2.24, 2.45) is 11.8 Å². The van der Waals surface area contributed by atoms with Gasteiger partial charge in [-0.25, -0.2) is 0 Å². The van der Waals surface area contributed by atoms with Gasteiger partial charge < -0.3 is 15.5 Å². The van der Waals surface area contributed by atoms with Gasteiger partial charge in [-0.3, -0.25) is 9.59 Å². The number of rotatable bonds is 5. The van der Waals surface area contributed by atoms with Gasteiger partial charge in [-0.05, 0) is 32.7 Å². The molecule has 5 nitrogen and oxygen atoms in total. The van der Waals surface area contributed by atoms with Gasteiger partial charge in [0.05, 0.1) is 0 Å². The van der Waals surface area contributed by atoms with E-state index in [1.54, 1.807) is 0 Å². The van der Waals surface area contributed by atoms with Crippen LogP contribution in [0.2, 0.25) is 0 Å². The fourth-order valence-electron chi connectivity index (χ4n) is 3.35. The first-order valence-corrected chi connectivity index (χ1v) is 7.95. The summed E-state index contributed by atoms with van der Waals surface area (Å²) in [6, 6.07) is 0. The molecule has 0 spiro atoms. The predicted octanol–water partition coefficient (Wildman–Crippen LogP) is 1.17. The van der Waals surface area contributed by atoms with Crippen molar-refractivity contribution in [2.75, 3.05) is 33.2 Å². The first-order chi connectivity index (χ1) is 9.74. The molecule has 0 aromatic rings. The molecule has 0 bridgehead atoms. The SMILES string of the molecule is CNCCNC(=O)C1CCCCC1C(=O)N1CCCC1.Cl. The van der Waals surface area contributed by atoms with E-state index in [1.165, 1.54) is 0 Å². The Morgan fingerprint density at radius 1 is 1.00 bits per heavy atom. The van der Waals surface area contributed by atoms with Crippen LogP contribution in [0.5, 0.6) is 0 Å². The molecule has 0 radical (unpaired) electrons. The molecule has 1 saturated heterocycles. The summed E-state index contributed by atoms with van der Waals surface area (Å²) in [5, 5.41) is 5.97. The summed E-state index contributed by atoms with van der Waals surface area (Å²) in [6.07, 6.45) is 6.09. The number of carbonyl (C=O) groups is 2. The Balaban J connectivity index is 0.00000220. The van der Waals surface area contributed by atoms with Crippen molar-refractivity contribution in [3.8, 4) is 0 Å². The summed E-state index contributed by atoms with van der Waals surface area (Å²) in [5.41, 5.74) is 0. The summed E-state index contributed by atoms with van der Waals surface area (Å²) in [6.45, 7) is 3.16. The minimum atomic E-state index is -0.117. The lowest BCUT2D eigenvalue weighted by atomic mass is 9.78. The summed E-state index contributed by atoms with van der Waals surface area (Å²) in [7, 11) is 1.87. The monoisotopic (exact) mass is 317 g/mol. The fraction of sp³-hybridized carbons (Fsp3) is 0.867. The third-order valence-electron chi connectivity index (χ3n) is 4.51. The molecule has 1 heterocycles. The highest BCUT2D eigenvalue weighted by Gasteiger charge is 2.38. The number of likely N-dealkylation sites (tertiary alicyclic amines) is 1. The molecule has 6 heteroatoms. The van der Waals surface area contributed by atoms with E-state index >= 15 is 0 Å². The highest BCUT2D eigenvalue weighted by Crippen LogP contribution is 2.32. The van der Waals surface area contributed by atoms with Crippen LogP contribution in [-0.4, -0.2) is 49.9 Å². The van der Waals surface area contributed by atoms with Gasteiger partial charge in [-0.15, -0.1) is 12.4 Å². The van der Waals surface area contributed by atoms with E-state index in [4.69, 9.17) is 0 Å². The first-order valence-electron chi connectivity index (χ1n) is 7.95. The molecule has 1 saturated carbocycles. The molecule has 2 rings (SSSR count). The maximum atomic E-state index is 12.6. The molecule has 2 atom stereocenters. The third kappa shape index (κ3) is 4.85. The smallest absolute Gasteiger partial charge is 0.226 e. The number of nitrogens with one attached hydrogen (secondary N) is 2. The second-order valence-corrected chi connectivity index (χ2v) is 5.92. The molecule has 2 aliphatic rings. The van der Waals surface area contributed by atoms with E-state index in [-0.39, 0.29) is 36.1 Å². The van der Waals surface area contributed by atoms with Gasteiger partial charge in [0.25, 0.3) is 0 Å². The van der Waals surface area contributed by atoms with Gasteiger partial charge in [0.15, 0.2) is 0 Å². The number of carbonyl (C=O) groups excluding carboxylic acids is 2. The van der Waals surface area contributed by atoms with Gasteiger partial charge in [-0.2, -0.15) is 0 Å². The molecule has 0 aromatic heterocycles. The molecule has 2 unspecified atom stereocenters. The quantitative estimate of drug-likeness (QED) is 0.748. The number of halogens is 1. The van der Waals surface area contributed by atoms with Crippen molar-refractivity contribution in [1.29, 1.82) is 0 Å². The highest BCUT2D eigenvalue weighted by atomic mass is 35.5. The number of amides is 2. The lowest BCUT2D eigenvalue weighted by molar-refractivity contribution is -0.142. The van der Waals surface area contributed by atoms with E-state index in [2.05, 4.69) is 10.6 Å². The van der Waals surface area contributed by atoms with Gasteiger partial charge >= 0.3 is 0 Å². The summed E-state index contributed by atoms with van der Waals surface area (Å²) < 4.78 is 0. The second kappa shape index (κ2) is 9.26. The number of nitrogens with zero attached hydrogens (tertiary/aromatic N) is 1. The molecule has 21 heavy (non-hydrogen) atoms. The molecule has 0 aromatic carbocycles. The van der Waals surface area contributed by atoms with E-state index in [0.717, 1.165) is 58.2 Å². The topological polar surface area (TPSA) is 61.4 Å². The first kappa shape index (κ1) is 18.2. The number of hydrogen-bond acceptors (Lipinski definition) is 3. The van der Waals surface area contributed by atoms with Crippen LogP contribution in [0.1, 0.15) is 38.5 Å². The lowest BCUT2D eigenvalue weighted by Crippen LogP contribution is -2.45. The Kier molecular flexibility index (Phi) is 8.04. The van der Waals surface area contributed by atoms with Crippen LogP contribution in [-0.2, 0) is 9.59 Å². The Hall–Kier alpha value is -0.810. The highest BCUT2D eigenvalue weighted by molar-refractivity contribution is 5.88. The molecule has 2 N–H and O–H groups in total. The molecule has 122 valence electrons. The normalized spacial score (nSPS) is 25.3. The van der Waals surface area contributed by atoms with Crippen LogP contribution in [0.3, 0.4) is 0 Å². The van der Waals surface area contributed by atoms with Gasteiger partial charge in [0, 0.05) is 38.0 Å². The van der Waals surface area contributed by atoms with Crippen molar-refractivity contribution in [3.05, 3.63) is 0 Å². The maximum absolute atomic E-state index is 12.6. The molecule has 1 aliphatic heterocycles. The van der Waals surface area contributed by atoms with Crippen LogP contribution < -0.4 is 10.6 Å². The van der Waals surface area contributed by atoms with E-state index < -0.39 is 0 Å². The van der Waals surface area contributed by atoms with Gasteiger partial charge in [-0.1, -0.05) is 12.8 Å². The van der Waals surface area contributed by atoms with E-state index in [9.17, 15) is 9.59 Å². The third-order valence-corrected chi connectivity index (χ3v) is 4.51. The largest absolute Gasteiger partial charge is 0.355 e. The van der Waals surface area contributed by atoms with Crippen LogP contribution in [0.25, 0.3) is 0 Å². The Bertz CT molecular complexity index is 346. The van der Waals surface area contributed by atoms with Crippen molar-refractivity contribution in [2.45, 2.75) is 38.5 Å². The van der Waals surface area contributed by atoms with Crippen LogP contribution in [0.15, 0.2) is 0 Å². The van der Waals surface area contributed by atoms with E-state index in [0.29, 0.717) is 6.54 Å². The zero-order chi connectivity index (χ0) is 14.4. The van der Waals surface area contributed by atoms with Gasteiger partial charge in [0.1, 0.15) is 0 Å². The van der Waals surface area contributed by atoms with Gasteiger partial charge in [0.2, 0.25) is 11.8 Å². The maximum Gasteiger partial charge on any atom is 0.226 e. The average Bonchev–Trinajstić information content (AvgIpc) is 3.01. The molecule has 2 fully saturated rings. The zero-order valence-electron chi connectivity index (χ0n) is 12.9. The minimum Gasteiger partial charge on any atom is -0.355 e. The lowest BCUT2D eigenvalue weighted by Gasteiger charge is -2.32. The van der Waals surface area contributed by atoms with Crippen molar-refractivity contribution in [1.82, 2.24) is 15.5 Å². The second-order valence-electron chi connectivity index (χ2n) is 5.92. The number of likely N-dealkylation sites (N-methyl/N-ethyl adjacent to an activating group) is 1. The molecule has 1 aliphatic carbocycles. The zero-order valence-corrected chi connectivity index (χ0v) is 13.7. The van der Waals surface area contributed by atoms with Crippen molar-refractivity contribution < 1.29 is 9.59 Å². The average molecular weight is 318 g/mol. The Morgan fingerprint density at radius 3 is 2.24 bits per heavy atom. The number of hydrogen-bond donors (Lipinski definition) is 2. The molecule has 2 amide bonds. The molecular weight excluding hydrogens is 290 g/mol. The summed E-state index contributed by atoms with van der Waals surface area (Å²) >= 11 is 0. The van der Waals surface area contributed by atoms with E-state index in [1.807, 2.05) is 11.9 Å². The minimum absolute atomic E-state index is 0. The summed E-state index contributed by atoms with van der Waals surface area (Å²) in [4.78, 5) is 26.8. The Labute approximate surface area is 133 Å². The Morgan fingerprint density at radius 2 is 1.62 bits per heavy atom. The standard InChI is InChI=1S/C15H27N3O2.ClH/c1-16-8-9-17-14(19)12-6-2-3-7-13(12)15(20)18-10-4-5-11-18;/h12-13,16H,2-11H2,1H3,(H,17,19);1H. The van der Waals surface area contributed by atoms with Crippen molar-refractivity contribution in [3.63, 3.8) is 0 Å². The van der Waals surface area contributed by atoms with Crippen molar-refractivity contribution >= 4 is 24.2 Å².